The van der Waals surface area contributed by atoms with Crippen molar-refractivity contribution in [1.29, 1.82) is 0 Å². The molecule has 0 spiro atoms. The number of carbonyl (C=O) groups excluding carboxylic acids is 3. The molecular formula is C27H21N3O3. The highest BCUT2D eigenvalue weighted by molar-refractivity contribution is 6.39. The average molecular weight is 435 g/mol. The predicted octanol–water partition coefficient (Wildman–Crippen LogP) is 4.66. The number of urea groups is 1. The lowest BCUT2D eigenvalue weighted by Gasteiger charge is -2.26. The second-order valence-corrected chi connectivity index (χ2v) is 7.95. The summed E-state index contributed by atoms with van der Waals surface area (Å²) in [5.41, 5.74) is 4.42. The van der Waals surface area contributed by atoms with Gasteiger partial charge in [0, 0.05) is 29.2 Å². The second kappa shape index (κ2) is 8.24. The lowest BCUT2D eigenvalue weighted by molar-refractivity contribution is -0.122. The highest BCUT2D eigenvalue weighted by Gasteiger charge is 2.36. The number of fused-ring (bicyclic) bond motifs is 1. The molecule has 3 aromatic carbocycles. The van der Waals surface area contributed by atoms with Crippen LogP contribution in [0.2, 0.25) is 0 Å². The summed E-state index contributed by atoms with van der Waals surface area (Å²) in [7, 11) is 0. The van der Waals surface area contributed by atoms with Crippen LogP contribution < -0.4 is 10.2 Å². The lowest BCUT2D eigenvalue weighted by Crippen LogP contribution is -2.54. The Labute approximate surface area is 190 Å². The topological polar surface area (TPSA) is 71.4 Å². The molecule has 6 nitrogen and oxygen atoms in total. The van der Waals surface area contributed by atoms with Gasteiger partial charge in [-0.15, -0.1) is 0 Å². The normalized spacial score (nSPS) is 15.4. The van der Waals surface area contributed by atoms with Crippen LogP contribution in [0.5, 0.6) is 0 Å². The zero-order chi connectivity index (χ0) is 22.9. The first kappa shape index (κ1) is 20.5. The van der Waals surface area contributed by atoms with Crippen molar-refractivity contribution in [2.75, 3.05) is 4.90 Å². The monoisotopic (exact) mass is 435 g/mol. The minimum absolute atomic E-state index is 0.0859. The van der Waals surface area contributed by atoms with Gasteiger partial charge in [0.05, 0.1) is 5.69 Å². The van der Waals surface area contributed by atoms with E-state index in [1.54, 1.807) is 36.4 Å². The van der Waals surface area contributed by atoms with Gasteiger partial charge in [-0.05, 0) is 42.3 Å². The first-order valence-electron chi connectivity index (χ1n) is 10.6. The van der Waals surface area contributed by atoms with Crippen LogP contribution >= 0.6 is 0 Å². The molecule has 1 aliphatic heterocycles. The van der Waals surface area contributed by atoms with E-state index >= 15 is 0 Å². The van der Waals surface area contributed by atoms with E-state index in [4.69, 9.17) is 0 Å². The number of aryl methyl sites for hydroxylation is 1. The van der Waals surface area contributed by atoms with Crippen LogP contribution in [0, 0.1) is 6.92 Å². The number of amides is 4. The van der Waals surface area contributed by atoms with Gasteiger partial charge < -0.3 is 4.57 Å². The molecule has 162 valence electrons. The Hall–Kier alpha value is -4.45. The summed E-state index contributed by atoms with van der Waals surface area (Å²) in [6, 6.07) is 23.8. The van der Waals surface area contributed by atoms with Gasteiger partial charge in [0.1, 0.15) is 5.57 Å². The van der Waals surface area contributed by atoms with Crippen LogP contribution in [0.25, 0.3) is 17.0 Å². The summed E-state index contributed by atoms with van der Waals surface area (Å²) in [4.78, 5) is 39.2. The van der Waals surface area contributed by atoms with Crippen LogP contribution in [0.3, 0.4) is 0 Å². The van der Waals surface area contributed by atoms with Crippen LogP contribution in [-0.2, 0) is 16.1 Å². The van der Waals surface area contributed by atoms with Gasteiger partial charge >= 0.3 is 6.03 Å². The molecule has 0 radical (unpaired) electrons. The van der Waals surface area contributed by atoms with Gasteiger partial charge in [-0.3, -0.25) is 14.9 Å². The average Bonchev–Trinajstić information content (AvgIpc) is 3.16. The maximum absolute atomic E-state index is 13.2. The largest absolute Gasteiger partial charge is 0.342 e. The molecule has 1 aliphatic rings. The molecule has 4 amide bonds. The summed E-state index contributed by atoms with van der Waals surface area (Å²) in [5.74, 6) is -1.35. The minimum Gasteiger partial charge on any atom is -0.342 e. The molecule has 0 unspecified atom stereocenters. The summed E-state index contributed by atoms with van der Waals surface area (Å²) in [6.07, 6.45) is 3.50. The predicted molar refractivity (Wildman–Crippen MR) is 128 cm³/mol. The number of carbonyl (C=O) groups is 3. The summed E-state index contributed by atoms with van der Waals surface area (Å²) in [5, 5.41) is 3.20. The number of imide groups is 2. The van der Waals surface area contributed by atoms with Crippen molar-refractivity contribution < 1.29 is 14.4 Å². The van der Waals surface area contributed by atoms with Crippen LogP contribution in [0.4, 0.5) is 10.5 Å². The number of rotatable bonds is 4. The van der Waals surface area contributed by atoms with E-state index in [-0.39, 0.29) is 5.57 Å². The third-order valence-corrected chi connectivity index (χ3v) is 5.84. The van der Waals surface area contributed by atoms with Gasteiger partial charge in [0.15, 0.2) is 0 Å². The Bertz CT molecular complexity index is 1430. The van der Waals surface area contributed by atoms with Gasteiger partial charge in [-0.25, -0.2) is 9.69 Å². The fourth-order valence-electron chi connectivity index (χ4n) is 4.12. The number of hydrogen-bond acceptors (Lipinski definition) is 3. The van der Waals surface area contributed by atoms with Crippen molar-refractivity contribution in [2.45, 2.75) is 13.5 Å². The molecule has 1 saturated heterocycles. The third-order valence-electron chi connectivity index (χ3n) is 5.84. The fraction of sp³-hybridized carbons (Fsp3) is 0.0741. The molecule has 0 bridgehead atoms. The number of nitrogens with one attached hydrogen (secondary N) is 1. The molecule has 4 aromatic rings. The van der Waals surface area contributed by atoms with E-state index < -0.39 is 17.8 Å². The molecular weight excluding hydrogens is 414 g/mol. The Balaban J connectivity index is 1.58. The summed E-state index contributed by atoms with van der Waals surface area (Å²) >= 11 is 0. The smallest absolute Gasteiger partial charge is 0.335 e. The van der Waals surface area contributed by atoms with E-state index in [0.29, 0.717) is 12.2 Å². The standard InChI is InChI=1S/C27H21N3O3/c1-18-9-5-6-10-19(18)16-29-17-20(22-13-7-8-14-24(22)29)15-23-25(31)28-27(33)30(26(23)32)21-11-3-2-4-12-21/h2-15,17H,16H2,1H3,(H,28,31,33)/b23-15+. The third kappa shape index (κ3) is 3.72. The van der Waals surface area contributed by atoms with Crippen molar-refractivity contribution in [2.24, 2.45) is 0 Å². The Morgan fingerprint density at radius 3 is 2.33 bits per heavy atom. The first-order valence-corrected chi connectivity index (χ1v) is 10.6. The second-order valence-electron chi connectivity index (χ2n) is 7.95. The highest BCUT2D eigenvalue weighted by atomic mass is 16.2. The summed E-state index contributed by atoms with van der Waals surface area (Å²) < 4.78 is 2.11. The van der Waals surface area contributed by atoms with Crippen LogP contribution in [-0.4, -0.2) is 22.4 Å². The molecule has 0 atom stereocenters. The number of nitrogens with zero attached hydrogens (tertiary/aromatic N) is 2. The Morgan fingerprint density at radius 1 is 0.848 bits per heavy atom. The van der Waals surface area contributed by atoms with Gasteiger partial charge in [-0.1, -0.05) is 60.7 Å². The van der Waals surface area contributed by atoms with Crippen LogP contribution in [0.1, 0.15) is 16.7 Å². The van der Waals surface area contributed by atoms with E-state index in [9.17, 15) is 14.4 Å². The molecule has 33 heavy (non-hydrogen) atoms. The molecule has 5 rings (SSSR count). The summed E-state index contributed by atoms with van der Waals surface area (Å²) in [6.45, 7) is 2.73. The van der Waals surface area contributed by atoms with Crippen molar-refractivity contribution in [3.63, 3.8) is 0 Å². The maximum atomic E-state index is 13.2. The van der Waals surface area contributed by atoms with Crippen molar-refractivity contribution in [1.82, 2.24) is 9.88 Å². The van der Waals surface area contributed by atoms with Gasteiger partial charge in [0.2, 0.25) is 0 Å². The molecule has 0 saturated carbocycles. The SMILES string of the molecule is Cc1ccccc1Cn1cc(/C=C2\C(=O)NC(=O)N(c3ccccc3)C2=O)c2ccccc21. The fourth-order valence-corrected chi connectivity index (χ4v) is 4.12. The van der Waals surface area contributed by atoms with E-state index in [0.717, 1.165) is 21.4 Å². The van der Waals surface area contributed by atoms with E-state index in [1.165, 1.54) is 11.1 Å². The Morgan fingerprint density at radius 2 is 1.55 bits per heavy atom. The zero-order valence-electron chi connectivity index (χ0n) is 18.0. The lowest BCUT2D eigenvalue weighted by atomic mass is 10.1. The van der Waals surface area contributed by atoms with E-state index in [1.807, 2.05) is 42.6 Å². The number of aromatic nitrogens is 1. The Kier molecular flexibility index (Phi) is 5.11. The number of para-hydroxylation sites is 2. The van der Waals surface area contributed by atoms with Crippen molar-refractivity contribution in [3.8, 4) is 0 Å². The first-order chi connectivity index (χ1) is 16.0. The van der Waals surface area contributed by atoms with Crippen LogP contribution in [0.15, 0.2) is 90.6 Å². The number of hydrogen-bond donors (Lipinski definition) is 1. The molecule has 6 heteroatoms. The molecule has 1 aromatic heterocycles. The molecule has 1 N–H and O–H groups in total. The number of anilines is 1. The van der Waals surface area contributed by atoms with E-state index in [2.05, 4.69) is 28.9 Å². The quantitative estimate of drug-likeness (QED) is 0.374. The zero-order valence-corrected chi connectivity index (χ0v) is 18.0. The van der Waals surface area contributed by atoms with Crippen molar-refractivity contribution in [3.05, 3.63) is 107 Å². The maximum Gasteiger partial charge on any atom is 0.335 e. The number of barbiturate groups is 1. The molecule has 2 heterocycles. The van der Waals surface area contributed by atoms with Gasteiger partial charge in [0.25, 0.3) is 11.8 Å². The molecule has 0 aliphatic carbocycles. The highest BCUT2D eigenvalue weighted by Crippen LogP contribution is 2.27. The minimum atomic E-state index is -0.754. The molecule has 1 fully saturated rings. The number of benzene rings is 3. The van der Waals surface area contributed by atoms with Crippen molar-refractivity contribution >= 4 is 40.5 Å². The van der Waals surface area contributed by atoms with Gasteiger partial charge in [-0.2, -0.15) is 0 Å².